The lowest BCUT2D eigenvalue weighted by Gasteiger charge is -1.93. The summed E-state index contributed by atoms with van der Waals surface area (Å²) in [4.78, 5) is 10.7. The lowest BCUT2D eigenvalue weighted by atomic mass is 10.3. The third-order valence-electron chi connectivity index (χ3n) is 2.65. The molecule has 3 aromatic rings. The van der Waals surface area contributed by atoms with Gasteiger partial charge in [-0.15, -0.1) is 5.10 Å². The molecule has 0 saturated heterocycles. The molecule has 1 radical (unpaired) electrons. The monoisotopic (exact) mass is 243 g/mol. The van der Waals surface area contributed by atoms with Gasteiger partial charge < -0.3 is 0 Å². The van der Waals surface area contributed by atoms with Gasteiger partial charge in [0, 0.05) is 22.8 Å². The topological polar surface area (TPSA) is 43.1 Å². The molecule has 0 N–H and O–H groups in total. The first kappa shape index (κ1) is 10.4. The zero-order valence-corrected chi connectivity index (χ0v) is 10.4. The average molecular weight is 243 g/mol. The summed E-state index contributed by atoms with van der Waals surface area (Å²) in [6, 6.07) is 3.84. The molecule has 0 aromatic carbocycles. The smallest absolute Gasteiger partial charge is 0.212 e. The summed E-state index contributed by atoms with van der Waals surface area (Å²) >= 11 is 1.66. The number of nitrogens with zero attached hydrogens (tertiary/aromatic N) is 4. The second-order valence-corrected chi connectivity index (χ2v) is 4.72. The first-order valence-corrected chi connectivity index (χ1v) is 6.17. The van der Waals surface area contributed by atoms with Crippen LogP contribution in [0.4, 0.5) is 0 Å². The molecule has 0 amide bonds. The van der Waals surface area contributed by atoms with E-state index < -0.39 is 0 Å². The Bertz CT molecular complexity index is 654. The molecule has 0 fully saturated rings. The van der Waals surface area contributed by atoms with Crippen LogP contribution in [0.1, 0.15) is 17.5 Å². The fourth-order valence-electron chi connectivity index (χ4n) is 1.75. The SMILES string of the molecule is C[CH]c1sc2nc(-c3ccncc3)nn2c1C. The third kappa shape index (κ3) is 1.63. The highest BCUT2D eigenvalue weighted by Gasteiger charge is 2.12. The van der Waals surface area contributed by atoms with Gasteiger partial charge in [0.25, 0.3) is 0 Å². The van der Waals surface area contributed by atoms with Crippen molar-refractivity contribution < 1.29 is 0 Å². The molecule has 4 nitrogen and oxygen atoms in total. The Morgan fingerprint density at radius 1 is 1.29 bits per heavy atom. The summed E-state index contributed by atoms with van der Waals surface area (Å²) in [6.07, 6.45) is 5.59. The van der Waals surface area contributed by atoms with Gasteiger partial charge in [-0.05, 0) is 25.5 Å². The van der Waals surface area contributed by atoms with E-state index in [0.29, 0.717) is 0 Å². The van der Waals surface area contributed by atoms with E-state index in [4.69, 9.17) is 0 Å². The molecule has 0 aliphatic rings. The summed E-state index contributed by atoms with van der Waals surface area (Å²) in [5, 5.41) is 4.52. The molecule has 5 heteroatoms. The van der Waals surface area contributed by atoms with Crippen molar-refractivity contribution in [2.45, 2.75) is 13.8 Å². The minimum atomic E-state index is 0.754. The van der Waals surface area contributed by atoms with Gasteiger partial charge in [-0.3, -0.25) is 4.98 Å². The Kier molecular flexibility index (Phi) is 2.40. The van der Waals surface area contributed by atoms with Gasteiger partial charge >= 0.3 is 0 Å². The quantitative estimate of drug-likeness (QED) is 0.695. The zero-order chi connectivity index (χ0) is 11.8. The van der Waals surface area contributed by atoms with Gasteiger partial charge in [0.1, 0.15) is 0 Å². The van der Waals surface area contributed by atoms with Crippen molar-refractivity contribution in [3.63, 3.8) is 0 Å². The maximum Gasteiger partial charge on any atom is 0.212 e. The maximum atomic E-state index is 4.54. The van der Waals surface area contributed by atoms with E-state index in [9.17, 15) is 0 Å². The highest BCUT2D eigenvalue weighted by molar-refractivity contribution is 7.17. The molecule has 0 aliphatic carbocycles. The summed E-state index contributed by atoms with van der Waals surface area (Å²) in [6.45, 7) is 4.09. The number of hydrogen-bond donors (Lipinski definition) is 0. The molecule has 0 unspecified atom stereocenters. The molecule has 3 heterocycles. The van der Waals surface area contributed by atoms with Crippen LogP contribution < -0.4 is 0 Å². The van der Waals surface area contributed by atoms with Crippen molar-refractivity contribution in [1.82, 2.24) is 19.6 Å². The van der Waals surface area contributed by atoms with Crippen LogP contribution in [-0.2, 0) is 0 Å². The summed E-state index contributed by atoms with van der Waals surface area (Å²) in [5.41, 5.74) is 2.14. The van der Waals surface area contributed by atoms with Gasteiger partial charge in [-0.1, -0.05) is 18.3 Å². The van der Waals surface area contributed by atoms with Gasteiger partial charge in [0.05, 0.1) is 5.69 Å². The standard InChI is InChI=1S/C12H11N4S/c1-3-10-8(2)16-12(17-10)14-11(15-16)9-4-6-13-7-5-9/h3-7H,1-2H3. The molecule has 0 aliphatic heterocycles. The molecular weight excluding hydrogens is 232 g/mol. The second kappa shape index (κ2) is 3.92. The molecule has 0 spiro atoms. The maximum absolute atomic E-state index is 4.54. The minimum absolute atomic E-state index is 0.754. The summed E-state index contributed by atoms with van der Waals surface area (Å²) in [5.74, 6) is 0.754. The molecular formula is C12H11N4S. The van der Waals surface area contributed by atoms with Crippen LogP contribution in [0.25, 0.3) is 16.3 Å². The predicted octanol–water partition coefficient (Wildman–Crippen LogP) is 2.73. The van der Waals surface area contributed by atoms with Gasteiger partial charge in [-0.2, -0.15) is 4.98 Å². The molecule has 0 bridgehead atoms. The Hall–Kier alpha value is -1.75. The van der Waals surface area contributed by atoms with Crippen molar-refractivity contribution in [1.29, 1.82) is 0 Å². The van der Waals surface area contributed by atoms with E-state index in [0.717, 1.165) is 22.0 Å². The number of aryl methyl sites for hydroxylation is 1. The predicted molar refractivity (Wildman–Crippen MR) is 67.9 cm³/mol. The van der Waals surface area contributed by atoms with Crippen LogP contribution in [0.5, 0.6) is 0 Å². The van der Waals surface area contributed by atoms with Gasteiger partial charge in [0.15, 0.2) is 5.82 Å². The average Bonchev–Trinajstić information content (AvgIpc) is 2.90. The molecule has 3 aromatic heterocycles. The lowest BCUT2D eigenvalue weighted by Crippen LogP contribution is -1.90. The zero-order valence-electron chi connectivity index (χ0n) is 9.58. The molecule has 3 rings (SSSR count). The third-order valence-corrected chi connectivity index (χ3v) is 3.85. The summed E-state index contributed by atoms with van der Waals surface area (Å²) in [7, 11) is 0. The van der Waals surface area contributed by atoms with Crippen LogP contribution in [0.3, 0.4) is 0 Å². The lowest BCUT2D eigenvalue weighted by molar-refractivity contribution is 0.929. The van der Waals surface area contributed by atoms with Crippen LogP contribution in [0.15, 0.2) is 24.5 Å². The van der Waals surface area contributed by atoms with Crippen molar-refractivity contribution in [2.75, 3.05) is 0 Å². The Balaban J connectivity index is 2.15. The van der Waals surface area contributed by atoms with E-state index >= 15 is 0 Å². The Morgan fingerprint density at radius 3 is 2.71 bits per heavy atom. The van der Waals surface area contributed by atoms with E-state index in [1.54, 1.807) is 23.7 Å². The highest BCUT2D eigenvalue weighted by atomic mass is 32.1. The summed E-state index contributed by atoms with van der Waals surface area (Å²) < 4.78 is 1.90. The number of pyridine rings is 1. The molecule has 0 saturated carbocycles. The number of rotatable bonds is 2. The van der Waals surface area contributed by atoms with E-state index in [1.807, 2.05) is 23.6 Å². The minimum Gasteiger partial charge on any atom is -0.265 e. The van der Waals surface area contributed by atoms with Crippen LogP contribution in [0, 0.1) is 13.3 Å². The molecule has 0 atom stereocenters. The van der Waals surface area contributed by atoms with Crippen LogP contribution in [-0.4, -0.2) is 19.6 Å². The number of fused-ring (bicyclic) bond motifs is 1. The highest BCUT2D eigenvalue weighted by Crippen LogP contribution is 2.25. The number of aromatic nitrogens is 4. The Morgan fingerprint density at radius 2 is 2.06 bits per heavy atom. The van der Waals surface area contributed by atoms with E-state index in [2.05, 4.69) is 28.4 Å². The molecule has 17 heavy (non-hydrogen) atoms. The first-order valence-electron chi connectivity index (χ1n) is 5.35. The fourth-order valence-corrected chi connectivity index (χ4v) is 2.70. The van der Waals surface area contributed by atoms with Crippen LogP contribution >= 0.6 is 11.3 Å². The number of thiazole rings is 1. The van der Waals surface area contributed by atoms with E-state index in [-0.39, 0.29) is 0 Å². The fraction of sp³-hybridized carbons (Fsp3) is 0.167. The van der Waals surface area contributed by atoms with Gasteiger partial charge in [0.2, 0.25) is 4.96 Å². The molecule has 85 valence electrons. The largest absolute Gasteiger partial charge is 0.265 e. The normalized spacial score (nSPS) is 11.2. The second-order valence-electron chi connectivity index (χ2n) is 3.71. The first-order chi connectivity index (χ1) is 8.29. The van der Waals surface area contributed by atoms with Crippen LogP contribution in [0.2, 0.25) is 0 Å². The van der Waals surface area contributed by atoms with Crippen molar-refractivity contribution >= 4 is 16.3 Å². The van der Waals surface area contributed by atoms with Crippen molar-refractivity contribution in [3.05, 3.63) is 41.5 Å². The Labute approximate surface area is 103 Å². The van der Waals surface area contributed by atoms with E-state index in [1.165, 1.54) is 4.88 Å². The van der Waals surface area contributed by atoms with Crippen molar-refractivity contribution in [3.8, 4) is 11.4 Å². The van der Waals surface area contributed by atoms with Gasteiger partial charge in [-0.25, -0.2) is 4.52 Å². The number of hydrogen-bond acceptors (Lipinski definition) is 4. The van der Waals surface area contributed by atoms with Crippen molar-refractivity contribution in [2.24, 2.45) is 0 Å².